The molecule has 0 fully saturated rings. The van der Waals surface area contributed by atoms with Crippen LogP contribution >= 0.6 is 0 Å². The zero-order valence-electron chi connectivity index (χ0n) is 11.7. The zero-order valence-corrected chi connectivity index (χ0v) is 11.7. The third kappa shape index (κ3) is 2.86. The van der Waals surface area contributed by atoms with E-state index in [0.717, 1.165) is 16.7 Å². The van der Waals surface area contributed by atoms with E-state index in [2.05, 4.69) is 0 Å². The van der Waals surface area contributed by atoms with Crippen LogP contribution in [0.4, 0.5) is 5.69 Å². The minimum Gasteiger partial charge on any atom is -0.290 e. The van der Waals surface area contributed by atoms with E-state index < -0.39 is 4.92 Å². The Hall–Kier alpha value is -3.01. The predicted octanol–water partition coefficient (Wildman–Crippen LogP) is 4.03. The molecule has 1 aliphatic rings. The molecule has 0 N–H and O–H groups in total. The van der Waals surface area contributed by atoms with Gasteiger partial charge in [-0.1, -0.05) is 30.3 Å². The summed E-state index contributed by atoms with van der Waals surface area (Å²) in [7, 11) is 0. The lowest BCUT2D eigenvalue weighted by atomic mass is 10.0. The first-order valence-electron chi connectivity index (χ1n) is 6.89. The van der Waals surface area contributed by atoms with Gasteiger partial charge >= 0.3 is 0 Å². The molecule has 0 saturated heterocycles. The fraction of sp³-hybridized carbons (Fsp3) is 0.0556. The molecule has 0 heterocycles. The molecule has 0 unspecified atom stereocenters. The van der Waals surface area contributed by atoms with E-state index in [9.17, 15) is 14.9 Å². The molecule has 0 bridgehead atoms. The average Bonchev–Trinajstić information content (AvgIpc) is 2.90. The average molecular weight is 291 g/mol. The lowest BCUT2D eigenvalue weighted by Crippen LogP contribution is -1.91. The fourth-order valence-electron chi connectivity index (χ4n) is 2.45. The van der Waals surface area contributed by atoms with Gasteiger partial charge in [0.2, 0.25) is 0 Å². The van der Waals surface area contributed by atoms with Crippen molar-refractivity contribution >= 4 is 23.1 Å². The summed E-state index contributed by atoms with van der Waals surface area (Å²) in [4.78, 5) is 22.3. The van der Waals surface area contributed by atoms with Gasteiger partial charge in [0.1, 0.15) is 0 Å². The molecule has 22 heavy (non-hydrogen) atoms. The molecule has 0 saturated carbocycles. The largest absolute Gasteiger partial charge is 0.290 e. The van der Waals surface area contributed by atoms with Crippen LogP contribution in [-0.2, 0) is 4.79 Å². The molecule has 4 nitrogen and oxygen atoms in total. The van der Waals surface area contributed by atoms with E-state index in [0.29, 0.717) is 12.0 Å². The summed E-state index contributed by atoms with van der Waals surface area (Å²) in [5, 5.41) is 10.6. The van der Waals surface area contributed by atoms with Crippen molar-refractivity contribution < 1.29 is 9.72 Å². The molecule has 0 amide bonds. The van der Waals surface area contributed by atoms with E-state index in [1.807, 2.05) is 30.3 Å². The Balaban J connectivity index is 1.82. The summed E-state index contributed by atoms with van der Waals surface area (Å²) >= 11 is 0. The first-order valence-corrected chi connectivity index (χ1v) is 6.89. The summed E-state index contributed by atoms with van der Waals surface area (Å²) in [6, 6.07) is 16.0. The highest BCUT2D eigenvalue weighted by atomic mass is 16.6. The van der Waals surface area contributed by atoms with Crippen molar-refractivity contribution in [3.8, 4) is 0 Å². The quantitative estimate of drug-likeness (QED) is 0.487. The Labute approximate surface area is 127 Å². The number of allylic oxidation sites excluding steroid dienone is 3. The van der Waals surface area contributed by atoms with Gasteiger partial charge in [0.05, 0.1) is 4.92 Å². The molecule has 2 aromatic rings. The number of nitro groups is 1. The van der Waals surface area contributed by atoms with Crippen molar-refractivity contribution in [3.05, 3.63) is 87.5 Å². The Kier molecular flexibility index (Phi) is 3.66. The van der Waals surface area contributed by atoms with Crippen molar-refractivity contribution in [2.45, 2.75) is 6.42 Å². The summed E-state index contributed by atoms with van der Waals surface area (Å²) in [6.07, 6.45) is 4.03. The number of benzene rings is 2. The van der Waals surface area contributed by atoms with Crippen LogP contribution in [-0.4, -0.2) is 10.7 Å². The number of nitro benzene ring substituents is 1. The minimum absolute atomic E-state index is 0.00259. The maximum atomic E-state index is 12.1. The maximum absolute atomic E-state index is 12.1. The minimum atomic E-state index is -0.438. The van der Waals surface area contributed by atoms with Gasteiger partial charge in [-0.25, -0.2) is 0 Å². The second-order valence-corrected chi connectivity index (χ2v) is 5.09. The van der Waals surface area contributed by atoms with E-state index in [1.165, 1.54) is 12.1 Å². The summed E-state index contributed by atoms with van der Waals surface area (Å²) in [5.41, 5.74) is 3.58. The predicted molar refractivity (Wildman–Crippen MR) is 85.1 cm³/mol. The molecular formula is C18H13NO3. The van der Waals surface area contributed by atoms with E-state index in [4.69, 9.17) is 0 Å². The Morgan fingerprint density at radius 1 is 1.00 bits per heavy atom. The van der Waals surface area contributed by atoms with Gasteiger partial charge in [0.25, 0.3) is 5.69 Å². The molecule has 0 spiro atoms. The van der Waals surface area contributed by atoms with Gasteiger partial charge < -0.3 is 0 Å². The van der Waals surface area contributed by atoms with Crippen LogP contribution in [0.25, 0.3) is 11.6 Å². The van der Waals surface area contributed by atoms with Crippen LogP contribution in [0, 0.1) is 10.1 Å². The highest BCUT2D eigenvalue weighted by molar-refractivity contribution is 6.16. The normalized spacial score (nSPS) is 15.9. The summed E-state index contributed by atoms with van der Waals surface area (Å²) in [6.45, 7) is 0. The Morgan fingerprint density at radius 2 is 1.68 bits per heavy atom. The van der Waals surface area contributed by atoms with Crippen molar-refractivity contribution in [2.24, 2.45) is 0 Å². The highest BCUT2D eigenvalue weighted by Gasteiger charge is 2.19. The lowest BCUT2D eigenvalue weighted by molar-refractivity contribution is -0.384. The molecule has 0 aliphatic heterocycles. The van der Waals surface area contributed by atoms with Gasteiger partial charge in [0.15, 0.2) is 5.78 Å². The first kappa shape index (κ1) is 13.9. The van der Waals surface area contributed by atoms with Gasteiger partial charge in [-0.3, -0.25) is 14.9 Å². The fourth-order valence-corrected chi connectivity index (χ4v) is 2.45. The lowest BCUT2D eigenvalue weighted by Gasteiger charge is -2.01. The molecule has 0 aromatic heterocycles. The van der Waals surface area contributed by atoms with Crippen LogP contribution < -0.4 is 0 Å². The second kappa shape index (κ2) is 5.77. The SMILES string of the molecule is O=C1C=C(c2ccccc2)CC1=Cc1ccc([N+](=O)[O-])cc1. The van der Waals surface area contributed by atoms with E-state index in [1.54, 1.807) is 24.3 Å². The zero-order chi connectivity index (χ0) is 15.5. The second-order valence-electron chi connectivity index (χ2n) is 5.09. The van der Waals surface area contributed by atoms with Crippen molar-refractivity contribution in [3.63, 3.8) is 0 Å². The van der Waals surface area contributed by atoms with Crippen LogP contribution in [0.3, 0.4) is 0 Å². The third-order valence-corrected chi connectivity index (χ3v) is 3.59. The number of hydrogen-bond donors (Lipinski definition) is 0. The van der Waals surface area contributed by atoms with Gasteiger partial charge in [-0.15, -0.1) is 0 Å². The smallest absolute Gasteiger partial charge is 0.269 e. The van der Waals surface area contributed by atoms with Crippen LogP contribution in [0.1, 0.15) is 17.5 Å². The van der Waals surface area contributed by atoms with Crippen molar-refractivity contribution in [2.75, 3.05) is 0 Å². The number of non-ortho nitro benzene ring substituents is 1. The molecule has 4 heteroatoms. The number of ketones is 1. The van der Waals surface area contributed by atoms with Gasteiger partial charge in [-0.2, -0.15) is 0 Å². The maximum Gasteiger partial charge on any atom is 0.269 e. The Bertz CT molecular complexity index is 787. The monoisotopic (exact) mass is 291 g/mol. The number of nitrogens with zero attached hydrogens (tertiary/aromatic N) is 1. The molecule has 0 atom stereocenters. The summed E-state index contributed by atoms with van der Waals surface area (Å²) < 4.78 is 0. The number of rotatable bonds is 3. The standard InChI is InChI=1S/C18H13NO3/c20-18-12-15(14-4-2-1-3-5-14)11-16(18)10-13-6-8-17(9-7-13)19(21)22/h1-10,12H,11H2. The van der Waals surface area contributed by atoms with Crippen LogP contribution in [0.2, 0.25) is 0 Å². The number of hydrogen-bond acceptors (Lipinski definition) is 3. The molecule has 108 valence electrons. The van der Waals surface area contributed by atoms with Crippen LogP contribution in [0.15, 0.2) is 66.2 Å². The molecule has 1 aliphatic carbocycles. The van der Waals surface area contributed by atoms with Crippen molar-refractivity contribution in [1.29, 1.82) is 0 Å². The highest BCUT2D eigenvalue weighted by Crippen LogP contribution is 2.30. The van der Waals surface area contributed by atoms with Crippen LogP contribution in [0.5, 0.6) is 0 Å². The molecule has 3 rings (SSSR count). The number of carbonyl (C=O) groups excluding carboxylic acids is 1. The molecular weight excluding hydrogens is 278 g/mol. The summed E-state index contributed by atoms with van der Waals surface area (Å²) in [5.74, 6) is -0.00259. The topological polar surface area (TPSA) is 60.2 Å². The third-order valence-electron chi connectivity index (χ3n) is 3.59. The van der Waals surface area contributed by atoms with Gasteiger partial charge in [0, 0.05) is 24.1 Å². The Morgan fingerprint density at radius 3 is 2.32 bits per heavy atom. The molecule has 0 radical (unpaired) electrons. The first-order chi connectivity index (χ1) is 10.6. The van der Waals surface area contributed by atoms with Gasteiger partial charge in [-0.05, 0) is 41.0 Å². The van der Waals surface area contributed by atoms with Crippen molar-refractivity contribution in [1.82, 2.24) is 0 Å². The number of carbonyl (C=O) groups is 1. The van der Waals surface area contributed by atoms with E-state index in [-0.39, 0.29) is 11.5 Å². The van der Waals surface area contributed by atoms with E-state index >= 15 is 0 Å². The molecule has 2 aromatic carbocycles.